The van der Waals surface area contributed by atoms with Gasteiger partial charge in [-0.15, -0.1) is 0 Å². The van der Waals surface area contributed by atoms with Crippen LogP contribution in [-0.4, -0.2) is 55.5 Å². The van der Waals surface area contributed by atoms with E-state index in [9.17, 15) is 9.18 Å². The van der Waals surface area contributed by atoms with Crippen LogP contribution in [0.4, 0.5) is 4.39 Å². The molecule has 25 heavy (non-hydrogen) atoms. The zero-order valence-corrected chi connectivity index (χ0v) is 15.6. The highest BCUT2D eigenvalue weighted by Gasteiger charge is 2.37. The largest absolute Gasteiger partial charge is 0.496 e. The summed E-state index contributed by atoms with van der Waals surface area (Å²) in [7, 11) is 1.59. The summed E-state index contributed by atoms with van der Waals surface area (Å²) in [6.07, 6.45) is 1.53. The lowest BCUT2D eigenvalue weighted by Gasteiger charge is -2.40. The number of carbonyl (C=O) groups excluding carboxylic acids is 1. The Kier molecular flexibility index (Phi) is 6.79. The number of nitrogens with zero attached hydrogens (tertiary/aromatic N) is 2. The third-order valence-electron chi connectivity index (χ3n) is 5.49. The van der Waals surface area contributed by atoms with Crippen LogP contribution in [0.1, 0.15) is 32.3 Å². The van der Waals surface area contributed by atoms with Crippen LogP contribution in [-0.2, 0) is 11.3 Å². The fourth-order valence-electron chi connectivity index (χ4n) is 3.48. The van der Waals surface area contributed by atoms with Gasteiger partial charge in [0, 0.05) is 44.8 Å². The number of piperazine rings is 1. The summed E-state index contributed by atoms with van der Waals surface area (Å²) in [6, 6.07) is 4.58. The predicted octanol–water partition coefficient (Wildman–Crippen LogP) is 2.24. The van der Waals surface area contributed by atoms with Crippen molar-refractivity contribution in [1.82, 2.24) is 9.80 Å². The van der Waals surface area contributed by atoms with Crippen molar-refractivity contribution < 1.29 is 13.9 Å². The van der Waals surface area contributed by atoms with Gasteiger partial charge in [0.15, 0.2) is 0 Å². The van der Waals surface area contributed by atoms with Gasteiger partial charge in [-0.1, -0.05) is 13.8 Å². The molecule has 1 aliphatic rings. The van der Waals surface area contributed by atoms with E-state index < -0.39 is 5.41 Å². The van der Waals surface area contributed by atoms with Crippen LogP contribution in [0.2, 0.25) is 0 Å². The van der Waals surface area contributed by atoms with Crippen LogP contribution >= 0.6 is 0 Å². The van der Waals surface area contributed by atoms with E-state index in [4.69, 9.17) is 10.5 Å². The van der Waals surface area contributed by atoms with Gasteiger partial charge in [0.2, 0.25) is 5.91 Å². The summed E-state index contributed by atoms with van der Waals surface area (Å²) >= 11 is 0. The molecule has 0 aliphatic carbocycles. The van der Waals surface area contributed by atoms with Crippen molar-refractivity contribution in [2.45, 2.75) is 33.2 Å². The molecule has 2 N–H and O–H groups in total. The molecule has 1 aromatic rings. The Hall–Kier alpha value is -1.66. The van der Waals surface area contributed by atoms with E-state index in [-0.39, 0.29) is 11.7 Å². The number of methoxy groups -OCH3 is 1. The van der Waals surface area contributed by atoms with Gasteiger partial charge >= 0.3 is 0 Å². The van der Waals surface area contributed by atoms with Crippen molar-refractivity contribution in [2.24, 2.45) is 11.1 Å². The molecule has 1 amide bonds. The molecule has 0 unspecified atom stereocenters. The molecule has 0 radical (unpaired) electrons. The second kappa shape index (κ2) is 8.63. The molecule has 0 bridgehead atoms. The van der Waals surface area contributed by atoms with Gasteiger partial charge in [0.25, 0.3) is 0 Å². The summed E-state index contributed by atoms with van der Waals surface area (Å²) in [5.74, 6) is 0.602. The molecule has 0 saturated carbocycles. The minimum atomic E-state index is -0.437. The van der Waals surface area contributed by atoms with Gasteiger partial charge < -0.3 is 15.4 Å². The molecular formula is C19H30FN3O2. The van der Waals surface area contributed by atoms with E-state index in [1.165, 1.54) is 12.1 Å². The Morgan fingerprint density at radius 3 is 2.40 bits per heavy atom. The molecule has 2 rings (SSSR count). The third kappa shape index (κ3) is 4.30. The molecule has 5 nitrogen and oxygen atoms in total. The van der Waals surface area contributed by atoms with Gasteiger partial charge in [-0.05, 0) is 31.0 Å². The molecule has 6 heteroatoms. The second-order valence-corrected chi connectivity index (χ2v) is 6.72. The quantitative estimate of drug-likeness (QED) is 0.818. The summed E-state index contributed by atoms with van der Waals surface area (Å²) in [4.78, 5) is 17.0. The number of carbonyl (C=O) groups is 1. The fraction of sp³-hybridized carbons (Fsp3) is 0.632. The number of ether oxygens (including phenoxy) is 1. The van der Waals surface area contributed by atoms with E-state index in [2.05, 4.69) is 4.90 Å². The molecule has 1 fully saturated rings. The first-order valence-corrected chi connectivity index (χ1v) is 9.03. The van der Waals surface area contributed by atoms with Crippen molar-refractivity contribution in [3.05, 3.63) is 29.6 Å². The summed E-state index contributed by atoms with van der Waals surface area (Å²) in [5, 5.41) is 0. The first-order valence-electron chi connectivity index (χ1n) is 9.03. The van der Waals surface area contributed by atoms with Crippen LogP contribution in [0.25, 0.3) is 0 Å². The number of benzene rings is 1. The Balaban J connectivity index is 1.98. The maximum absolute atomic E-state index is 13.5. The molecular weight excluding hydrogens is 321 g/mol. The SMILES string of the molecule is CCC(CC)(CN)C(=O)N1CCN(Cc2cc(F)ccc2OC)CC1. The molecule has 0 spiro atoms. The first kappa shape index (κ1) is 19.7. The average Bonchev–Trinajstić information content (AvgIpc) is 2.64. The maximum Gasteiger partial charge on any atom is 0.230 e. The summed E-state index contributed by atoms with van der Waals surface area (Å²) in [6.45, 7) is 7.95. The van der Waals surface area contributed by atoms with Crippen LogP contribution in [0.3, 0.4) is 0 Å². The highest BCUT2D eigenvalue weighted by molar-refractivity contribution is 5.83. The molecule has 1 aliphatic heterocycles. The van der Waals surface area contributed by atoms with Crippen LogP contribution in [0.5, 0.6) is 5.75 Å². The smallest absolute Gasteiger partial charge is 0.230 e. The lowest BCUT2D eigenvalue weighted by molar-refractivity contribution is -0.144. The van der Waals surface area contributed by atoms with Gasteiger partial charge in [-0.2, -0.15) is 0 Å². The predicted molar refractivity (Wildman–Crippen MR) is 96.9 cm³/mol. The highest BCUT2D eigenvalue weighted by Crippen LogP contribution is 2.28. The molecule has 0 aromatic heterocycles. The monoisotopic (exact) mass is 351 g/mol. The minimum absolute atomic E-state index is 0.169. The first-order chi connectivity index (χ1) is 12.0. The molecule has 140 valence electrons. The van der Waals surface area contributed by atoms with E-state index in [1.54, 1.807) is 13.2 Å². The average molecular weight is 351 g/mol. The van der Waals surface area contributed by atoms with Crippen molar-refractivity contribution in [3.8, 4) is 5.75 Å². The van der Waals surface area contributed by atoms with Crippen molar-refractivity contribution in [3.63, 3.8) is 0 Å². The van der Waals surface area contributed by atoms with Gasteiger partial charge in [0.1, 0.15) is 11.6 Å². The summed E-state index contributed by atoms with van der Waals surface area (Å²) in [5.41, 5.74) is 6.30. The second-order valence-electron chi connectivity index (χ2n) is 6.72. The normalized spacial score (nSPS) is 16.1. The van der Waals surface area contributed by atoms with Crippen LogP contribution in [0, 0.1) is 11.2 Å². The number of hydrogen-bond donors (Lipinski definition) is 1. The molecule has 1 heterocycles. The molecule has 1 aromatic carbocycles. The molecule has 1 saturated heterocycles. The maximum atomic E-state index is 13.5. The highest BCUT2D eigenvalue weighted by atomic mass is 19.1. The number of amides is 1. The third-order valence-corrected chi connectivity index (χ3v) is 5.49. The van der Waals surface area contributed by atoms with Crippen molar-refractivity contribution >= 4 is 5.91 Å². The van der Waals surface area contributed by atoms with Crippen LogP contribution in [0.15, 0.2) is 18.2 Å². The lowest BCUT2D eigenvalue weighted by atomic mass is 9.81. The topological polar surface area (TPSA) is 58.8 Å². The van der Waals surface area contributed by atoms with E-state index in [1.807, 2.05) is 18.7 Å². The number of halogens is 1. The Labute approximate surface area is 149 Å². The number of hydrogen-bond acceptors (Lipinski definition) is 4. The fourth-order valence-corrected chi connectivity index (χ4v) is 3.48. The standard InChI is InChI=1S/C19H30FN3O2/c1-4-19(5-2,14-21)18(24)23-10-8-22(9-11-23)13-15-12-16(20)6-7-17(15)25-3/h6-7,12H,4-5,8-11,13-14,21H2,1-3H3. The lowest BCUT2D eigenvalue weighted by Crippen LogP contribution is -2.54. The Morgan fingerprint density at radius 1 is 1.24 bits per heavy atom. The zero-order chi connectivity index (χ0) is 18.4. The zero-order valence-electron chi connectivity index (χ0n) is 15.6. The Bertz CT molecular complexity index is 574. The minimum Gasteiger partial charge on any atom is -0.496 e. The van der Waals surface area contributed by atoms with Gasteiger partial charge in [-0.3, -0.25) is 9.69 Å². The van der Waals surface area contributed by atoms with E-state index in [0.717, 1.165) is 31.5 Å². The van der Waals surface area contributed by atoms with Gasteiger partial charge in [-0.25, -0.2) is 4.39 Å². The number of rotatable bonds is 7. The summed E-state index contributed by atoms with van der Waals surface area (Å²) < 4.78 is 18.8. The Morgan fingerprint density at radius 2 is 1.88 bits per heavy atom. The van der Waals surface area contributed by atoms with Gasteiger partial charge in [0.05, 0.1) is 12.5 Å². The van der Waals surface area contributed by atoms with E-state index in [0.29, 0.717) is 31.9 Å². The molecule has 0 atom stereocenters. The van der Waals surface area contributed by atoms with E-state index >= 15 is 0 Å². The van der Waals surface area contributed by atoms with Crippen molar-refractivity contribution in [2.75, 3.05) is 39.8 Å². The van der Waals surface area contributed by atoms with Crippen molar-refractivity contribution in [1.29, 1.82) is 0 Å². The number of nitrogens with two attached hydrogens (primary N) is 1. The van der Waals surface area contributed by atoms with Crippen LogP contribution < -0.4 is 10.5 Å².